The minimum Gasteiger partial charge on any atom is -0.415 e. The zero-order valence-corrected chi connectivity index (χ0v) is 25.3. The van der Waals surface area contributed by atoms with Crippen molar-refractivity contribution in [3.05, 3.63) is 0 Å². The molecule has 0 aromatic heterocycles. The normalized spacial score (nSPS) is 22.8. The van der Waals surface area contributed by atoms with Crippen LogP contribution in [-0.2, 0) is 18.4 Å². The molecular formula is C24H52N2O5Si2. The minimum atomic E-state index is -2.01. The second-order valence-electron chi connectivity index (χ2n) is 13.3. The zero-order chi connectivity index (χ0) is 26.0. The van der Waals surface area contributed by atoms with Crippen molar-refractivity contribution in [2.45, 2.75) is 122 Å². The van der Waals surface area contributed by atoms with Gasteiger partial charge in [-0.15, -0.1) is 0 Å². The maximum absolute atomic E-state index is 12.9. The van der Waals surface area contributed by atoms with Gasteiger partial charge in [-0.2, -0.15) is 0 Å². The topological polar surface area (TPSA) is 106 Å². The molecule has 1 rings (SSSR count). The van der Waals surface area contributed by atoms with E-state index in [0.717, 1.165) is 0 Å². The smallest absolute Gasteiger partial charge is 0.239 e. The number of rotatable bonds is 12. The predicted molar refractivity (Wildman–Crippen MR) is 140 cm³/mol. The largest absolute Gasteiger partial charge is 0.415 e. The summed E-state index contributed by atoms with van der Waals surface area (Å²) in [4.78, 5) is 12.9. The maximum atomic E-state index is 12.9. The summed E-state index contributed by atoms with van der Waals surface area (Å²) >= 11 is 0. The van der Waals surface area contributed by atoms with Crippen molar-refractivity contribution in [1.29, 1.82) is 0 Å². The fourth-order valence-electron chi connectivity index (χ4n) is 2.97. The molecule has 1 aliphatic rings. The van der Waals surface area contributed by atoms with Crippen LogP contribution in [0.5, 0.6) is 0 Å². The molecule has 1 heterocycles. The van der Waals surface area contributed by atoms with E-state index in [1.54, 1.807) is 0 Å². The minimum absolute atomic E-state index is 0.0411. The molecule has 0 radical (unpaired) electrons. The van der Waals surface area contributed by atoms with Crippen LogP contribution in [0.1, 0.15) is 61.8 Å². The van der Waals surface area contributed by atoms with Gasteiger partial charge in [0.05, 0.1) is 25.9 Å². The average Bonchev–Trinajstić information content (AvgIpc) is 3.42. The Balaban J connectivity index is 2.84. The lowest BCUT2D eigenvalue weighted by molar-refractivity contribution is -0.125. The lowest BCUT2D eigenvalue weighted by Crippen LogP contribution is -2.57. The number of carbonyl (C=O) groups is 1. The van der Waals surface area contributed by atoms with Gasteiger partial charge in [0.2, 0.25) is 5.91 Å². The average molecular weight is 505 g/mol. The molecule has 7 nitrogen and oxygen atoms in total. The molecule has 4 N–H and O–H groups in total. The molecule has 1 amide bonds. The Labute approximate surface area is 204 Å². The SMILES string of the molecule is CC(C)CC(NC(=O)[C@@H](N)CO[Si](C)(C)C(C)(C)C)[C@H](O)[C@@]1(CO[Si](C)(C)C(C)(C)C)CO1. The summed E-state index contributed by atoms with van der Waals surface area (Å²) in [5.41, 5.74) is 5.41. The highest BCUT2D eigenvalue weighted by Crippen LogP contribution is 2.41. The highest BCUT2D eigenvalue weighted by atomic mass is 28.4. The molecule has 1 saturated heterocycles. The third-order valence-corrected chi connectivity index (χ3v) is 16.7. The fourth-order valence-corrected chi connectivity index (χ4v) is 5.04. The Morgan fingerprint density at radius 2 is 1.52 bits per heavy atom. The van der Waals surface area contributed by atoms with Crippen molar-refractivity contribution in [3.63, 3.8) is 0 Å². The van der Waals surface area contributed by atoms with Crippen LogP contribution in [0, 0.1) is 5.92 Å². The van der Waals surface area contributed by atoms with E-state index >= 15 is 0 Å². The number of hydrogen-bond acceptors (Lipinski definition) is 6. The van der Waals surface area contributed by atoms with Crippen LogP contribution < -0.4 is 11.1 Å². The molecule has 0 aliphatic carbocycles. The summed E-state index contributed by atoms with van der Waals surface area (Å²) in [6.45, 7) is 26.7. The fraction of sp³-hybridized carbons (Fsp3) is 0.958. The van der Waals surface area contributed by atoms with Gasteiger partial charge >= 0.3 is 0 Å². The Kier molecular flexibility index (Phi) is 10.0. The number of nitrogens with one attached hydrogen (secondary N) is 1. The van der Waals surface area contributed by atoms with Crippen molar-refractivity contribution in [2.24, 2.45) is 11.7 Å². The van der Waals surface area contributed by atoms with Gasteiger partial charge in [-0.25, -0.2) is 0 Å². The van der Waals surface area contributed by atoms with Gasteiger partial charge in [-0.1, -0.05) is 55.4 Å². The van der Waals surface area contributed by atoms with E-state index < -0.39 is 40.4 Å². The van der Waals surface area contributed by atoms with E-state index in [9.17, 15) is 9.90 Å². The Hall–Kier alpha value is -0.296. The molecule has 0 bridgehead atoms. The van der Waals surface area contributed by atoms with Crippen LogP contribution in [0.25, 0.3) is 0 Å². The number of nitrogens with two attached hydrogens (primary N) is 1. The number of aliphatic hydroxyl groups is 1. The van der Waals surface area contributed by atoms with Crippen molar-refractivity contribution >= 4 is 22.5 Å². The summed E-state index contributed by atoms with van der Waals surface area (Å²) in [5, 5.41) is 14.4. The van der Waals surface area contributed by atoms with Gasteiger partial charge in [-0.3, -0.25) is 4.79 Å². The van der Waals surface area contributed by atoms with E-state index in [1.165, 1.54) is 0 Å². The monoisotopic (exact) mass is 504 g/mol. The van der Waals surface area contributed by atoms with Crippen molar-refractivity contribution in [1.82, 2.24) is 5.32 Å². The van der Waals surface area contributed by atoms with E-state index in [0.29, 0.717) is 19.6 Å². The summed E-state index contributed by atoms with van der Waals surface area (Å²) in [6.07, 6.45) is -0.254. The predicted octanol–water partition coefficient (Wildman–Crippen LogP) is 4.02. The molecule has 196 valence electrons. The highest BCUT2D eigenvalue weighted by Gasteiger charge is 2.56. The van der Waals surface area contributed by atoms with E-state index in [1.807, 2.05) is 0 Å². The second kappa shape index (κ2) is 10.8. The summed E-state index contributed by atoms with van der Waals surface area (Å²) in [5.74, 6) is -0.0266. The van der Waals surface area contributed by atoms with Gasteiger partial charge < -0.3 is 29.7 Å². The first-order chi connectivity index (χ1) is 14.7. The molecule has 1 unspecified atom stereocenters. The second-order valence-corrected chi connectivity index (χ2v) is 22.9. The van der Waals surface area contributed by atoms with E-state index in [4.69, 9.17) is 19.3 Å². The quantitative estimate of drug-likeness (QED) is 0.274. The standard InChI is InChI=1S/C24H52N2O5Si2/c1-17(2)13-19(26-21(28)18(25)14-30-32(9,10)22(3,4)5)20(27)24(15-29-24)16-31-33(11,12)23(6,7)8/h17-20,27H,13-16,25H2,1-12H3,(H,26,28)/t18-,19?,20-,24-/m0/s1. The molecule has 9 heteroatoms. The first-order valence-corrected chi connectivity index (χ1v) is 18.1. The number of aliphatic hydroxyl groups excluding tert-OH is 1. The van der Waals surface area contributed by atoms with Crippen molar-refractivity contribution in [3.8, 4) is 0 Å². The first kappa shape index (κ1) is 30.7. The molecule has 33 heavy (non-hydrogen) atoms. The van der Waals surface area contributed by atoms with Gasteiger partial charge in [0, 0.05) is 0 Å². The molecule has 0 aromatic rings. The van der Waals surface area contributed by atoms with Crippen LogP contribution in [0.15, 0.2) is 0 Å². The Bertz CT molecular complexity index is 652. The molecular weight excluding hydrogens is 452 g/mol. The van der Waals surface area contributed by atoms with Crippen molar-refractivity contribution in [2.75, 3.05) is 19.8 Å². The Morgan fingerprint density at radius 3 is 1.91 bits per heavy atom. The van der Waals surface area contributed by atoms with Gasteiger partial charge in [-0.05, 0) is 48.6 Å². The highest BCUT2D eigenvalue weighted by molar-refractivity contribution is 6.74. The van der Waals surface area contributed by atoms with Gasteiger partial charge in [0.25, 0.3) is 0 Å². The van der Waals surface area contributed by atoms with Crippen LogP contribution in [0.2, 0.25) is 36.3 Å². The number of hydrogen-bond donors (Lipinski definition) is 3. The number of carbonyl (C=O) groups excluding carboxylic acids is 1. The van der Waals surface area contributed by atoms with Gasteiger partial charge in [0.15, 0.2) is 16.6 Å². The molecule has 1 fully saturated rings. The molecule has 0 spiro atoms. The first-order valence-electron chi connectivity index (χ1n) is 12.3. The zero-order valence-electron chi connectivity index (χ0n) is 23.3. The number of amides is 1. The summed E-state index contributed by atoms with van der Waals surface area (Å²) in [6, 6.07) is -1.26. The molecule has 1 aliphatic heterocycles. The number of epoxide rings is 1. The van der Waals surface area contributed by atoms with Crippen molar-refractivity contribution < 1.29 is 23.5 Å². The summed E-state index contributed by atoms with van der Waals surface area (Å²) < 4.78 is 18.2. The van der Waals surface area contributed by atoms with Crippen LogP contribution in [-0.4, -0.2) is 71.3 Å². The molecule has 4 atom stereocenters. The van der Waals surface area contributed by atoms with Crippen LogP contribution in [0.3, 0.4) is 0 Å². The number of ether oxygens (including phenoxy) is 1. The van der Waals surface area contributed by atoms with E-state index in [-0.39, 0.29) is 28.5 Å². The third kappa shape index (κ3) is 8.40. The van der Waals surface area contributed by atoms with E-state index in [2.05, 4.69) is 86.9 Å². The van der Waals surface area contributed by atoms with Crippen LogP contribution >= 0.6 is 0 Å². The molecule has 0 aromatic carbocycles. The summed E-state index contributed by atoms with van der Waals surface area (Å²) in [7, 11) is -4.00. The van der Waals surface area contributed by atoms with Gasteiger partial charge in [0.1, 0.15) is 17.7 Å². The lowest BCUT2D eigenvalue weighted by atomic mass is 9.91. The third-order valence-electron chi connectivity index (χ3n) is 7.74. The Morgan fingerprint density at radius 1 is 1.06 bits per heavy atom. The molecule has 0 saturated carbocycles. The lowest BCUT2D eigenvalue weighted by Gasteiger charge is -2.38. The van der Waals surface area contributed by atoms with Crippen LogP contribution in [0.4, 0.5) is 0 Å². The maximum Gasteiger partial charge on any atom is 0.239 e.